The number of nitrogens with one attached hydrogen (secondary N) is 3. The monoisotopic (exact) mass is 631 g/mol. The molecule has 0 spiro atoms. The van der Waals surface area contributed by atoms with Gasteiger partial charge in [-0.05, 0) is 73.8 Å². The lowest BCUT2D eigenvalue weighted by Crippen LogP contribution is -2.52. The average molecular weight is 632 g/mol. The van der Waals surface area contributed by atoms with E-state index in [2.05, 4.69) is 184 Å². The second kappa shape index (κ2) is 11.2. The van der Waals surface area contributed by atoms with Crippen LogP contribution in [0.15, 0.2) is 169 Å². The summed E-state index contributed by atoms with van der Waals surface area (Å²) in [5.41, 5.74) is 4.65. The second-order valence-corrected chi connectivity index (χ2v) is 13.0. The molecule has 10 rings (SSSR count). The number of fused-ring (bicyclic) bond motifs is 7. The standard InChI is InChI=1S/C44H33N5/c1-3-13-31-26-33(22-20-28(31)10-1)42-46-43(34-23-21-29-11-2-4-14-32(29)27-34)48-44(47-42)37-17-9-19-40(45-37)49-38-18-8-7-16-36(38)41-35-15-6-5-12-30(35)24-25-39(41)49/h1-27,37,42-43,45-46H,(H,47,48). The zero-order chi connectivity index (χ0) is 32.3. The number of hydrogen-bond donors (Lipinski definition) is 3. The molecule has 5 nitrogen and oxygen atoms in total. The van der Waals surface area contributed by atoms with Gasteiger partial charge in [0, 0.05) is 10.8 Å². The normalized spacial score (nSPS) is 19.2. The Labute approximate surface area is 283 Å². The van der Waals surface area contributed by atoms with Gasteiger partial charge in [0.1, 0.15) is 30.0 Å². The van der Waals surface area contributed by atoms with E-state index in [-0.39, 0.29) is 18.4 Å². The Morgan fingerprint density at radius 1 is 0.531 bits per heavy atom. The van der Waals surface area contributed by atoms with Crippen molar-refractivity contribution in [2.24, 2.45) is 4.99 Å². The molecular weight excluding hydrogens is 599 g/mol. The molecule has 2 aliphatic rings. The molecule has 0 fully saturated rings. The highest BCUT2D eigenvalue weighted by atomic mass is 15.3. The first kappa shape index (κ1) is 27.9. The predicted octanol–water partition coefficient (Wildman–Crippen LogP) is 9.57. The van der Waals surface area contributed by atoms with E-state index >= 15 is 0 Å². The molecule has 3 N–H and O–H groups in total. The summed E-state index contributed by atoms with van der Waals surface area (Å²) in [5, 5.41) is 21.4. The number of aromatic nitrogens is 1. The maximum Gasteiger partial charge on any atom is 0.129 e. The van der Waals surface area contributed by atoms with Crippen LogP contribution in [0.4, 0.5) is 0 Å². The minimum Gasteiger partial charge on any atom is -0.358 e. The smallest absolute Gasteiger partial charge is 0.129 e. The molecule has 3 unspecified atom stereocenters. The Balaban J connectivity index is 1.07. The van der Waals surface area contributed by atoms with Crippen molar-refractivity contribution in [2.45, 2.75) is 18.4 Å². The lowest BCUT2D eigenvalue weighted by molar-refractivity contribution is 0.402. The minimum atomic E-state index is -0.235. The zero-order valence-corrected chi connectivity index (χ0v) is 26.7. The van der Waals surface area contributed by atoms with E-state index < -0.39 is 0 Å². The largest absolute Gasteiger partial charge is 0.358 e. The molecule has 3 atom stereocenters. The van der Waals surface area contributed by atoms with Crippen LogP contribution in [0, 0.1) is 0 Å². The molecule has 5 heteroatoms. The first-order valence-corrected chi connectivity index (χ1v) is 16.9. The summed E-state index contributed by atoms with van der Waals surface area (Å²) >= 11 is 0. The number of allylic oxidation sites excluding steroid dienone is 2. The van der Waals surface area contributed by atoms with E-state index in [0.29, 0.717) is 0 Å². The molecule has 0 bridgehead atoms. The minimum absolute atomic E-state index is 0.141. The van der Waals surface area contributed by atoms with Gasteiger partial charge in [-0.2, -0.15) is 0 Å². The molecule has 0 aliphatic carbocycles. The van der Waals surface area contributed by atoms with Gasteiger partial charge < -0.3 is 10.6 Å². The topological polar surface area (TPSA) is 53.4 Å². The average Bonchev–Trinajstić information content (AvgIpc) is 3.52. The summed E-state index contributed by atoms with van der Waals surface area (Å²) < 4.78 is 2.36. The van der Waals surface area contributed by atoms with Gasteiger partial charge in [-0.15, -0.1) is 0 Å². The van der Waals surface area contributed by atoms with Gasteiger partial charge in [0.15, 0.2) is 0 Å². The van der Waals surface area contributed by atoms with E-state index in [0.717, 1.165) is 17.2 Å². The maximum absolute atomic E-state index is 5.35. The zero-order valence-electron chi connectivity index (χ0n) is 26.7. The summed E-state index contributed by atoms with van der Waals surface area (Å²) in [4.78, 5) is 5.35. The van der Waals surface area contributed by atoms with Crippen molar-refractivity contribution >= 4 is 65.8 Å². The van der Waals surface area contributed by atoms with Crippen LogP contribution in [0.25, 0.3) is 59.9 Å². The molecule has 3 heterocycles. The van der Waals surface area contributed by atoms with Gasteiger partial charge >= 0.3 is 0 Å². The highest BCUT2D eigenvalue weighted by Crippen LogP contribution is 2.37. The van der Waals surface area contributed by atoms with Crippen LogP contribution >= 0.6 is 0 Å². The fraction of sp³-hybridized carbons (Fsp3) is 0.0682. The summed E-state index contributed by atoms with van der Waals surface area (Å²) in [6, 6.07) is 52.0. The molecule has 2 aliphatic heterocycles. The summed E-state index contributed by atoms with van der Waals surface area (Å²) in [7, 11) is 0. The third-order valence-corrected chi connectivity index (χ3v) is 10.0. The quantitative estimate of drug-likeness (QED) is 0.181. The van der Waals surface area contributed by atoms with Gasteiger partial charge in [0.05, 0.1) is 11.0 Å². The fourth-order valence-electron chi connectivity index (χ4n) is 7.66. The van der Waals surface area contributed by atoms with Crippen molar-refractivity contribution in [3.63, 3.8) is 0 Å². The number of nitrogens with zero attached hydrogens (tertiary/aromatic N) is 2. The molecule has 0 radical (unpaired) electrons. The van der Waals surface area contributed by atoms with Crippen LogP contribution in [-0.2, 0) is 0 Å². The molecular formula is C44H33N5. The van der Waals surface area contributed by atoms with Crippen molar-refractivity contribution in [3.8, 4) is 0 Å². The Kier molecular flexibility index (Phi) is 6.39. The summed E-state index contributed by atoms with van der Waals surface area (Å²) in [6.45, 7) is 0. The SMILES string of the molecule is C1=CC(C2=NC(c3ccc4ccccc4c3)NC(c3ccc4ccccc4c3)N2)NC(n2c3ccccc3c3c4ccccc4ccc32)=C1. The maximum atomic E-state index is 5.35. The van der Waals surface area contributed by atoms with Crippen LogP contribution in [-0.4, -0.2) is 16.4 Å². The molecule has 0 saturated carbocycles. The van der Waals surface area contributed by atoms with Gasteiger partial charge in [0.2, 0.25) is 0 Å². The number of aliphatic imine (C=N–C) groups is 1. The fourth-order valence-corrected chi connectivity index (χ4v) is 7.66. The summed E-state index contributed by atoms with van der Waals surface area (Å²) in [6.07, 6.45) is 6.14. The van der Waals surface area contributed by atoms with Crippen LogP contribution in [0.1, 0.15) is 23.5 Å². The van der Waals surface area contributed by atoms with Crippen LogP contribution < -0.4 is 16.0 Å². The third kappa shape index (κ3) is 4.70. The molecule has 49 heavy (non-hydrogen) atoms. The Hall–Kier alpha value is -6.17. The van der Waals surface area contributed by atoms with Crippen molar-refractivity contribution < 1.29 is 0 Å². The van der Waals surface area contributed by atoms with Gasteiger partial charge in [-0.25, -0.2) is 4.99 Å². The van der Waals surface area contributed by atoms with Crippen LogP contribution in [0.2, 0.25) is 0 Å². The Morgan fingerprint density at radius 2 is 1.16 bits per heavy atom. The number of benzene rings is 7. The Morgan fingerprint density at radius 3 is 1.96 bits per heavy atom. The van der Waals surface area contributed by atoms with Gasteiger partial charge in [0.25, 0.3) is 0 Å². The molecule has 0 saturated heterocycles. The van der Waals surface area contributed by atoms with E-state index in [1.807, 2.05) is 0 Å². The van der Waals surface area contributed by atoms with Crippen LogP contribution in [0.5, 0.6) is 0 Å². The Bertz CT molecular complexity index is 2680. The van der Waals surface area contributed by atoms with Crippen molar-refractivity contribution in [1.82, 2.24) is 20.5 Å². The lowest BCUT2D eigenvalue weighted by atomic mass is 10.0. The first-order chi connectivity index (χ1) is 24.3. The van der Waals surface area contributed by atoms with E-state index in [1.165, 1.54) is 59.7 Å². The summed E-state index contributed by atoms with van der Waals surface area (Å²) in [5.74, 6) is 1.91. The van der Waals surface area contributed by atoms with Crippen molar-refractivity contribution in [1.29, 1.82) is 0 Å². The van der Waals surface area contributed by atoms with Gasteiger partial charge in [-0.1, -0.05) is 133 Å². The molecule has 7 aromatic carbocycles. The molecule has 0 amide bonds. The van der Waals surface area contributed by atoms with E-state index in [4.69, 9.17) is 4.99 Å². The predicted molar refractivity (Wildman–Crippen MR) is 204 cm³/mol. The number of rotatable bonds is 4. The molecule has 8 aromatic rings. The highest BCUT2D eigenvalue weighted by molar-refractivity contribution is 6.21. The third-order valence-electron chi connectivity index (χ3n) is 10.0. The number of para-hydroxylation sites is 1. The van der Waals surface area contributed by atoms with Gasteiger partial charge in [-0.3, -0.25) is 9.88 Å². The highest BCUT2D eigenvalue weighted by Gasteiger charge is 2.30. The number of amidine groups is 1. The number of dihydropyridines is 1. The number of hydrogen-bond acceptors (Lipinski definition) is 4. The van der Waals surface area contributed by atoms with Crippen molar-refractivity contribution in [3.05, 3.63) is 175 Å². The second-order valence-electron chi connectivity index (χ2n) is 13.0. The first-order valence-electron chi connectivity index (χ1n) is 16.9. The van der Waals surface area contributed by atoms with E-state index in [9.17, 15) is 0 Å². The van der Waals surface area contributed by atoms with Crippen LogP contribution in [0.3, 0.4) is 0 Å². The molecule has 1 aromatic heterocycles. The lowest BCUT2D eigenvalue weighted by Gasteiger charge is -2.35. The molecule has 234 valence electrons. The van der Waals surface area contributed by atoms with E-state index in [1.54, 1.807) is 0 Å². The van der Waals surface area contributed by atoms with Crippen molar-refractivity contribution in [2.75, 3.05) is 0 Å².